The molecule has 21 heavy (non-hydrogen) atoms. The summed E-state index contributed by atoms with van der Waals surface area (Å²) in [6.45, 7) is 9.42. The fourth-order valence-corrected chi connectivity index (χ4v) is 3.14. The number of benzene rings is 1. The van der Waals surface area contributed by atoms with Crippen LogP contribution in [0.4, 0.5) is 5.69 Å². The number of anilines is 1. The van der Waals surface area contributed by atoms with Crippen LogP contribution in [0.25, 0.3) is 0 Å². The van der Waals surface area contributed by atoms with E-state index in [1.54, 1.807) is 0 Å². The Morgan fingerprint density at radius 1 is 1.14 bits per heavy atom. The molecule has 116 valence electrons. The number of rotatable bonds is 5. The lowest BCUT2D eigenvalue weighted by atomic mass is 10.0. The van der Waals surface area contributed by atoms with Crippen LogP contribution in [0.1, 0.15) is 43.7 Å². The molecule has 1 saturated heterocycles. The van der Waals surface area contributed by atoms with Crippen LogP contribution in [0.15, 0.2) is 18.2 Å². The first-order valence-electron chi connectivity index (χ1n) is 8.20. The minimum atomic E-state index is 0.0870. The van der Waals surface area contributed by atoms with E-state index in [0.717, 1.165) is 31.7 Å². The molecule has 1 amide bonds. The fraction of sp³-hybridized carbons (Fsp3) is 0.611. The Hall–Kier alpha value is -1.35. The summed E-state index contributed by atoms with van der Waals surface area (Å²) in [7, 11) is 0. The molecule has 1 aliphatic heterocycles. The molecular formula is C18H28N2O. The summed E-state index contributed by atoms with van der Waals surface area (Å²) in [4.78, 5) is 14.9. The number of hydrogen-bond donors (Lipinski definition) is 1. The summed E-state index contributed by atoms with van der Waals surface area (Å²) in [6, 6.07) is 6.21. The molecule has 3 nitrogen and oxygen atoms in total. The van der Waals surface area contributed by atoms with Crippen molar-refractivity contribution in [2.24, 2.45) is 5.92 Å². The van der Waals surface area contributed by atoms with Gasteiger partial charge in [0.2, 0.25) is 5.91 Å². The Kier molecular flexibility index (Phi) is 5.80. The first-order chi connectivity index (χ1) is 10.1. The number of likely N-dealkylation sites (tertiary alicyclic amines) is 1. The molecular weight excluding hydrogens is 260 g/mol. The van der Waals surface area contributed by atoms with Crippen molar-refractivity contribution in [2.45, 2.75) is 46.5 Å². The highest BCUT2D eigenvalue weighted by molar-refractivity contribution is 5.92. The van der Waals surface area contributed by atoms with Gasteiger partial charge < -0.3 is 10.2 Å². The second kappa shape index (κ2) is 7.60. The van der Waals surface area contributed by atoms with Crippen molar-refractivity contribution in [2.75, 3.05) is 25.0 Å². The predicted molar refractivity (Wildman–Crippen MR) is 88.6 cm³/mol. The summed E-state index contributed by atoms with van der Waals surface area (Å²) in [5.41, 5.74) is 3.30. The van der Waals surface area contributed by atoms with Gasteiger partial charge >= 0.3 is 0 Å². The van der Waals surface area contributed by atoms with Gasteiger partial charge in [-0.3, -0.25) is 4.79 Å². The number of amides is 1. The zero-order valence-corrected chi connectivity index (χ0v) is 13.6. The smallest absolute Gasteiger partial charge is 0.228 e. The van der Waals surface area contributed by atoms with Gasteiger partial charge in [0.05, 0.1) is 5.92 Å². The maximum absolute atomic E-state index is 12.5. The maximum Gasteiger partial charge on any atom is 0.228 e. The number of nitrogens with zero attached hydrogens (tertiary/aromatic N) is 1. The molecule has 1 fully saturated rings. The van der Waals surface area contributed by atoms with Crippen molar-refractivity contribution in [3.05, 3.63) is 29.3 Å². The van der Waals surface area contributed by atoms with Crippen molar-refractivity contribution in [1.82, 2.24) is 4.90 Å². The van der Waals surface area contributed by atoms with Gasteiger partial charge in [0.1, 0.15) is 0 Å². The summed E-state index contributed by atoms with van der Waals surface area (Å²) in [5.74, 6) is 0.247. The van der Waals surface area contributed by atoms with Crippen molar-refractivity contribution in [3.8, 4) is 0 Å². The number of carbonyl (C=O) groups excluding carboxylic acids is 1. The molecule has 1 aliphatic rings. The summed E-state index contributed by atoms with van der Waals surface area (Å²) >= 11 is 0. The average molecular weight is 288 g/mol. The Labute approximate surface area is 128 Å². The van der Waals surface area contributed by atoms with Gasteiger partial charge in [0, 0.05) is 12.2 Å². The topological polar surface area (TPSA) is 32.3 Å². The molecule has 1 N–H and O–H groups in total. The normalized spacial score (nSPS) is 17.5. The Morgan fingerprint density at radius 3 is 2.33 bits per heavy atom. The number of carbonyl (C=O) groups is 1. The molecule has 1 atom stereocenters. The molecule has 0 aromatic heterocycles. The highest BCUT2D eigenvalue weighted by Crippen LogP contribution is 2.17. The quantitative estimate of drug-likeness (QED) is 0.895. The third kappa shape index (κ3) is 4.85. The molecule has 0 aliphatic carbocycles. The molecule has 1 heterocycles. The summed E-state index contributed by atoms with van der Waals surface area (Å²) in [5, 5.41) is 3.10. The van der Waals surface area contributed by atoms with E-state index in [1.807, 2.05) is 12.1 Å². The van der Waals surface area contributed by atoms with Gasteiger partial charge in [-0.1, -0.05) is 19.4 Å². The first-order valence-corrected chi connectivity index (χ1v) is 8.20. The molecule has 0 saturated carbocycles. The Balaban J connectivity index is 1.95. The van der Waals surface area contributed by atoms with Crippen molar-refractivity contribution in [3.63, 3.8) is 0 Å². The SMILES string of the molecule is CCC(CN1CCCCC1)C(=O)Nc1cc(C)cc(C)c1. The number of piperidine rings is 1. The maximum atomic E-state index is 12.5. The van der Waals surface area contributed by atoms with Crippen LogP contribution in [-0.4, -0.2) is 30.4 Å². The summed E-state index contributed by atoms with van der Waals surface area (Å²) < 4.78 is 0. The largest absolute Gasteiger partial charge is 0.326 e. The van der Waals surface area contributed by atoms with E-state index in [1.165, 1.54) is 30.4 Å². The minimum Gasteiger partial charge on any atom is -0.326 e. The monoisotopic (exact) mass is 288 g/mol. The number of hydrogen-bond acceptors (Lipinski definition) is 2. The number of aryl methyl sites for hydroxylation is 2. The van der Waals surface area contributed by atoms with Crippen molar-refractivity contribution in [1.29, 1.82) is 0 Å². The van der Waals surface area contributed by atoms with E-state index in [0.29, 0.717) is 0 Å². The van der Waals surface area contributed by atoms with Gasteiger partial charge in [-0.25, -0.2) is 0 Å². The van der Waals surface area contributed by atoms with Crippen LogP contribution in [0.5, 0.6) is 0 Å². The minimum absolute atomic E-state index is 0.0870. The van der Waals surface area contributed by atoms with Gasteiger partial charge in [-0.2, -0.15) is 0 Å². The molecule has 2 rings (SSSR count). The van der Waals surface area contributed by atoms with E-state index >= 15 is 0 Å². The third-order valence-electron chi connectivity index (χ3n) is 4.28. The van der Waals surface area contributed by atoms with Crippen molar-refractivity contribution >= 4 is 11.6 Å². The van der Waals surface area contributed by atoms with Crippen LogP contribution < -0.4 is 5.32 Å². The highest BCUT2D eigenvalue weighted by Gasteiger charge is 2.21. The molecule has 1 aromatic rings. The molecule has 0 bridgehead atoms. The molecule has 0 spiro atoms. The molecule has 0 radical (unpaired) electrons. The van der Waals surface area contributed by atoms with E-state index in [9.17, 15) is 4.79 Å². The fourth-order valence-electron chi connectivity index (χ4n) is 3.14. The third-order valence-corrected chi connectivity index (χ3v) is 4.28. The van der Waals surface area contributed by atoms with E-state index < -0.39 is 0 Å². The second-order valence-electron chi connectivity index (χ2n) is 6.33. The van der Waals surface area contributed by atoms with Gasteiger partial charge in [0.15, 0.2) is 0 Å². The lowest BCUT2D eigenvalue weighted by Gasteiger charge is -2.29. The Morgan fingerprint density at radius 2 is 1.76 bits per heavy atom. The van der Waals surface area contributed by atoms with Crippen LogP contribution >= 0.6 is 0 Å². The molecule has 1 aromatic carbocycles. The second-order valence-corrected chi connectivity index (χ2v) is 6.33. The highest BCUT2D eigenvalue weighted by atomic mass is 16.1. The zero-order valence-electron chi connectivity index (χ0n) is 13.6. The van der Waals surface area contributed by atoms with E-state index in [-0.39, 0.29) is 11.8 Å². The summed E-state index contributed by atoms with van der Waals surface area (Å²) in [6.07, 6.45) is 4.78. The first kappa shape index (κ1) is 16.0. The molecule has 1 unspecified atom stereocenters. The average Bonchev–Trinajstić information content (AvgIpc) is 2.44. The van der Waals surface area contributed by atoms with Crippen molar-refractivity contribution < 1.29 is 4.79 Å². The van der Waals surface area contributed by atoms with Crippen LogP contribution in [-0.2, 0) is 4.79 Å². The van der Waals surface area contributed by atoms with Gasteiger partial charge in [-0.05, 0) is 69.5 Å². The van der Waals surface area contributed by atoms with Crippen LogP contribution in [0.3, 0.4) is 0 Å². The van der Waals surface area contributed by atoms with Gasteiger partial charge in [0.25, 0.3) is 0 Å². The van der Waals surface area contributed by atoms with Gasteiger partial charge in [-0.15, -0.1) is 0 Å². The van der Waals surface area contributed by atoms with Crippen LogP contribution in [0, 0.1) is 19.8 Å². The Bertz CT molecular complexity index is 458. The lowest BCUT2D eigenvalue weighted by Crippen LogP contribution is -2.38. The molecule has 3 heteroatoms. The van der Waals surface area contributed by atoms with E-state index in [2.05, 4.69) is 37.1 Å². The standard InChI is InChI=1S/C18H28N2O/c1-4-16(13-20-8-6-5-7-9-20)18(21)19-17-11-14(2)10-15(3)12-17/h10-12,16H,4-9,13H2,1-3H3,(H,19,21). The zero-order chi connectivity index (χ0) is 15.2. The number of nitrogens with one attached hydrogen (secondary N) is 1. The lowest BCUT2D eigenvalue weighted by molar-refractivity contribution is -0.120. The van der Waals surface area contributed by atoms with Crippen LogP contribution in [0.2, 0.25) is 0 Å². The predicted octanol–water partition coefficient (Wildman–Crippen LogP) is 3.75. The van der Waals surface area contributed by atoms with E-state index in [4.69, 9.17) is 0 Å².